The predicted octanol–water partition coefficient (Wildman–Crippen LogP) is 4.46. The normalized spacial score (nSPS) is 12.2. The number of rotatable bonds is 1. The number of para-hydroxylation sites is 2. The van der Waals surface area contributed by atoms with Crippen molar-refractivity contribution in [3.05, 3.63) is 84.9 Å². The lowest BCUT2D eigenvalue weighted by atomic mass is 10.1. The van der Waals surface area contributed by atoms with Crippen molar-refractivity contribution in [1.29, 1.82) is 0 Å². The van der Waals surface area contributed by atoms with Gasteiger partial charge in [0.15, 0.2) is 5.69 Å². The molecule has 26 heavy (non-hydrogen) atoms. The zero-order valence-corrected chi connectivity index (χ0v) is 14.8. The number of aromatic nitrogens is 3. The number of anilines is 3. The number of hydrogen-bond acceptors (Lipinski definition) is 2. The summed E-state index contributed by atoms with van der Waals surface area (Å²) in [6, 6.07) is 21.3. The minimum atomic E-state index is 1.11. The molecule has 1 aliphatic rings. The van der Waals surface area contributed by atoms with E-state index in [1.165, 1.54) is 16.8 Å². The van der Waals surface area contributed by atoms with Gasteiger partial charge in [0.25, 0.3) is 5.82 Å². The van der Waals surface area contributed by atoms with Crippen molar-refractivity contribution in [1.82, 2.24) is 9.55 Å². The molecule has 0 unspecified atom stereocenters. The zero-order chi connectivity index (χ0) is 17.7. The standard InChI is InChI=1S/C22H19N4/c1-16-8-7-11-19-22(16)26(21-12-5-6-13-24(21)2)18-10-4-3-9-17(18)20-14-23-15-25(19)20/h3-15H,1-2H3/q+1. The van der Waals surface area contributed by atoms with Gasteiger partial charge in [-0.1, -0.05) is 30.3 Å². The van der Waals surface area contributed by atoms with Crippen molar-refractivity contribution in [3.8, 4) is 16.9 Å². The molecule has 0 saturated heterocycles. The van der Waals surface area contributed by atoms with Crippen molar-refractivity contribution in [3.63, 3.8) is 0 Å². The summed E-state index contributed by atoms with van der Waals surface area (Å²) in [7, 11) is 2.09. The van der Waals surface area contributed by atoms with Gasteiger partial charge in [-0.3, -0.25) is 4.57 Å². The molecule has 0 fully saturated rings. The van der Waals surface area contributed by atoms with Gasteiger partial charge < -0.3 is 0 Å². The van der Waals surface area contributed by atoms with E-state index in [4.69, 9.17) is 0 Å². The van der Waals surface area contributed by atoms with Gasteiger partial charge in [-0.2, -0.15) is 4.90 Å². The number of aryl methyl sites for hydroxylation is 2. The average molecular weight is 339 g/mol. The van der Waals surface area contributed by atoms with E-state index in [1.54, 1.807) is 0 Å². The highest BCUT2D eigenvalue weighted by Crippen LogP contribution is 2.46. The molecule has 0 N–H and O–H groups in total. The molecule has 2 aromatic carbocycles. The molecule has 0 aliphatic carbocycles. The van der Waals surface area contributed by atoms with Gasteiger partial charge in [0.1, 0.15) is 5.69 Å². The lowest BCUT2D eigenvalue weighted by Crippen LogP contribution is -2.35. The Kier molecular flexibility index (Phi) is 3.19. The molecule has 0 saturated carbocycles. The van der Waals surface area contributed by atoms with Crippen LogP contribution in [0.3, 0.4) is 0 Å². The quantitative estimate of drug-likeness (QED) is 0.421. The fraction of sp³-hybridized carbons (Fsp3) is 0.0909. The van der Waals surface area contributed by atoms with E-state index in [0.29, 0.717) is 0 Å². The van der Waals surface area contributed by atoms with Gasteiger partial charge in [0.2, 0.25) is 0 Å². The fourth-order valence-electron chi connectivity index (χ4n) is 3.81. The van der Waals surface area contributed by atoms with Gasteiger partial charge in [-0.25, -0.2) is 9.55 Å². The first kappa shape index (κ1) is 14.9. The summed E-state index contributed by atoms with van der Waals surface area (Å²) < 4.78 is 4.34. The van der Waals surface area contributed by atoms with Crippen molar-refractivity contribution in [2.45, 2.75) is 6.92 Å². The molecule has 0 radical (unpaired) electrons. The van der Waals surface area contributed by atoms with Gasteiger partial charge in [0, 0.05) is 11.6 Å². The largest absolute Gasteiger partial charge is 0.295 e. The van der Waals surface area contributed by atoms with Crippen molar-refractivity contribution in [2.24, 2.45) is 7.05 Å². The first-order valence-electron chi connectivity index (χ1n) is 8.72. The highest BCUT2D eigenvalue weighted by Gasteiger charge is 2.33. The maximum absolute atomic E-state index is 4.43. The maximum Gasteiger partial charge on any atom is 0.286 e. The molecule has 0 spiro atoms. The number of nitrogens with zero attached hydrogens (tertiary/aromatic N) is 4. The molecule has 2 aromatic heterocycles. The van der Waals surface area contributed by atoms with Crippen LogP contribution in [0.1, 0.15) is 5.56 Å². The SMILES string of the molecule is Cc1cccc2c1N(c1cccc[n+]1C)c1ccccc1-c1cncn1-2. The van der Waals surface area contributed by atoms with E-state index in [0.717, 1.165) is 22.9 Å². The van der Waals surface area contributed by atoms with Gasteiger partial charge in [-0.15, -0.1) is 0 Å². The van der Waals surface area contributed by atoms with E-state index in [1.807, 2.05) is 12.5 Å². The third-order valence-corrected chi connectivity index (χ3v) is 5.02. The Balaban J connectivity index is 1.95. The third kappa shape index (κ3) is 2.02. The van der Waals surface area contributed by atoms with Crippen LogP contribution in [0.4, 0.5) is 17.2 Å². The summed E-state index contributed by atoms with van der Waals surface area (Å²) in [5.41, 5.74) is 6.97. The molecule has 4 aromatic rings. The number of benzene rings is 2. The summed E-state index contributed by atoms with van der Waals surface area (Å²) in [5, 5.41) is 0. The van der Waals surface area contributed by atoms with E-state index in [9.17, 15) is 0 Å². The molecule has 126 valence electrons. The van der Waals surface area contributed by atoms with E-state index < -0.39 is 0 Å². The Morgan fingerprint density at radius 1 is 0.885 bits per heavy atom. The Hall–Kier alpha value is -3.40. The molecule has 5 rings (SSSR count). The number of imidazole rings is 1. The second kappa shape index (κ2) is 5.56. The lowest BCUT2D eigenvalue weighted by molar-refractivity contribution is -0.658. The van der Waals surface area contributed by atoms with Crippen molar-refractivity contribution < 1.29 is 4.57 Å². The Labute approximate surface area is 152 Å². The molecule has 3 heterocycles. The maximum atomic E-state index is 4.43. The van der Waals surface area contributed by atoms with Crippen LogP contribution in [0.2, 0.25) is 0 Å². The Morgan fingerprint density at radius 2 is 1.69 bits per heavy atom. The van der Waals surface area contributed by atoms with Crippen LogP contribution < -0.4 is 9.47 Å². The van der Waals surface area contributed by atoms with E-state index in [2.05, 4.69) is 99.9 Å². The predicted molar refractivity (Wildman–Crippen MR) is 103 cm³/mol. The summed E-state index contributed by atoms with van der Waals surface area (Å²) in [6.07, 6.45) is 5.93. The lowest BCUT2D eigenvalue weighted by Gasteiger charge is -2.21. The summed E-state index contributed by atoms with van der Waals surface area (Å²) in [4.78, 5) is 6.78. The highest BCUT2D eigenvalue weighted by atomic mass is 15.3. The first-order valence-corrected chi connectivity index (χ1v) is 8.72. The van der Waals surface area contributed by atoms with Crippen LogP contribution in [0, 0.1) is 6.92 Å². The molecular weight excluding hydrogens is 320 g/mol. The molecule has 4 heteroatoms. The summed E-state index contributed by atoms with van der Waals surface area (Å²) in [5.74, 6) is 1.12. The minimum Gasteiger partial charge on any atom is -0.295 e. The van der Waals surface area contributed by atoms with Crippen molar-refractivity contribution in [2.75, 3.05) is 4.90 Å². The van der Waals surface area contributed by atoms with Gasteiger partial charge in [0.05, 0.1) is 37.1 Å². The summed E-state index contributed by atoms with van der Waals surface area (Å²) in [6.45, 7) is 2.17. The van der Waals surface area contributed by atoms with Crippen LogP contribution in [-0.2, 0) is 7.05 Å². The third-order valence-electron chi connectivity index (χ3n) is 5.02. The monoisotopic (exact) mass is 339 g/mol. The van der Waals surface area contributed by atoms with E-state index >= 15 is 0 Å². The molecule has 1 aliphatic heterocycles. The molecule has 0 atom stereocenters. The van der Waals surface area contributed by atoms with Crippen LogP contribution in [0.25, 0.3) is 16.9 Å². The Morgan fingerprint density at radius 3 is 2.58 bits per heavy atom. The number of fused-ring (bicyclic) bond motifs is 5. The van der Waals surface area contributed by atoms with Crippen molar-refractivity contribution >= 4 is 17.2 Å². The number of pyridine rings is 1. The summed E-state index contributed by atoms with van der Waals surface area (Å²) >= 11 is 0. The second-order valence-electron chi connectivity index (χ2n) is 6.61. The Bertz CT molecular complexity index is 1130. The second-order valence-corrected chi connectivity index (χ2v) is 6.61. The smallest absolute Gasteiger partial charge is 0.286 e. The number of hydrogen-bond donors (Lipinski definition) is 0. The average Bonchev–Trinajstić information content (AvgIpc) is 3.10. The fourth-order valence-corrected chi connectivity index (χ4v) is 3.81. The molecule has 0 bridgehead atoms. The minimum absolute atomic E-state index is 1.11. The molecule has 4 nitrogen and oxygen atoms in total. The molecular formula is C22H19N4+. The zero-order valence-electron chi connectivity index (χ0n) is 14.8. The molecule has 0 amide bonds. The van der Waals surface area contributed by atoms with Crippen LogP contribution >= 0.6 is 0 Å². The van der Waals surface area contributed by atoms with E-state index in [-0.39, 0.29) is 0 Å². The van der Waals surface area contributed by atoms with Crippen LogP contribution in [-0.4, -0.2) is 9.55 Å². The van der Waals surface area contributed by atoms with Crippen LogP contribution in [0.5, 0.6) is 0 Å². The first-order chi connectivity index (χ1) is 12.8. The highest BCUT2D eigenvalue weighted by molar-refractivity contribution is 5.92. The van der Waals surface area contributed by atoms with Crippen LogP contribution in [0.15, 0.2) is 79.4 Å². The van der Waals surface area contributed by atoms with Gasteiger partial charge >= 0.3 is 0 Å². The van der Waals surface area contributed by atoms with Gasteiger partial charge in [-0.05, 0) is 36.8 Å². The topological polar surface area (TPSA) is 24.9 Å².